The summed E-state index contributed by atoms with van der Waals surface area (Å²) in [5.74, 6) is -0.0196. The molecule has 0 aliphatic carbocycles. The van der Waals surface area contributed by atoms with Gasteiger partial charge in [0.2, 0.25) is 5.91 Å². The van der Waals surface area contributed by atoms with Gasteiger partial charge < -0.3 is 10.2 Å². The van der Waals surface area contributed by atoms with Gasteiger partial charge >= 0.3 is 0 Å². The molecule has 0 saturated heterocycles. The predicted molar refractivity (Wildman–Crippen MR) is 83.9 cm³/mol. The van der Waals surface area contributed by atoms with Crippen LogP contribution in [0.3, 0.4) is 0 Å². The molecule has 0 bridgehead atoms. The molecule has 1 aromatic carbocycles. The molecule has 1 unspecified atom stereocenters. The van der Waals surface area contributed by atoms with E-state index in [0.29, 0.717) is 24.3 Å². The number of nitrogens with one attached hydrogen (secondary N) is 1. The van der Waals surface area contributed by atoms with Gasteiger partial charge in [-0.1, -0.05) is 11.6 Å². The van der Waals surface area contributed by atoms with Crippen molar-refractivity contribution in [3.63, 3.8) is 0 Å². The van der Waals surface area contributed by atoms with Crippen LogP contribution >= 0.6 is 11.6 Å². The Kier molecular flexibility index (Phi) is 5.96. The molecule has 21 heavy (non-hydrogen) atoms. The molecule has 0 spiro atoms. The van der Waals surface area contributed by atoms with Gasteiger partial charge in [-0.15, -0.1) is 0 Å². The van der Waals surface area contributed by atoms with Gasteiger partial charge in [-0.05, 0) is 39.3 Å². The fourth-order valence-corrected chi connectivity index (χ4v) is 2.30. The predicted octanol–water partition coefficient (Wildman–Crippen LogP) is 3.23. The van der Waals surface area contributed by atoms with Crippen molar-refractivity contribution in [2.45, 2.75) is 33.7 Å². The number of nitro groups is 1. The normalized spacial score (nSPS) is 11.9. The van der Waals surface area contributed by atoms with Crippen LogP contribution in [-0.2, 0) is 4.79 Å². The molecule has 1 rings (SSSR count). The number of carbonyl (C=O) groups excluding carboxylic acids is 1. The van der Waals surface area contributed by atoms with Crippen molar-refractivity contribution in [3.05, 3.63) is 32.8 Å². The molecule has 0 aromatic heterocycles. The summed E-state index contributed by atoms with van der Waals surface area (Å²) in [7, 11) is 0. The van der Waals surface area contributed by atoms with Gasteiger partial charge in [-0.3, -0.25) is 14.9 Å². The molecule has 1 amide bonds. The average molecular weight is 314 g/mol. The van der Waals surface area contributed by atoms with E-state index in [0.717, 1.165) is 0 Å². The van der Waals surface area contributed by atoms with Gasteiger partial charge in [-0.2, -0.15) is 0 Å². The second-order valence-corrected chi connectivity index (χ2v) is 5.16. The molecule has 116 valence electrons. The van der Waals surface area contributed by atoms with Gasteiger partial charge in [-0.25, -0.2) is 0 Å². The van der Waals surface area contributed by atoms with Crippen LogP contribution < -0.4 is 5.32 Å². The van der Waals surface area contributed by atoms with Crippen molar-refractivity contribution in [2.75, 3.05) is 18.4 Å². The second kappa shape index (κ2) is 7.26. The molecule has 1 atom stereocenters. The Labute approximate surface area is 129 Å². The summed E-state index contributed by atoms with van der Waals surface area (Å²) in [4.78, 5) is 24.2. The number of hydrogen-bond donors (Lipinski definition) is 1. The molecular formula is C14H20ClN3O3. The van der Waals surface area contributed by atoms with E-state index in [1.165, 1.54) is 12.1 Å². The van der Waals surface area contributed by atoms with Crippen LogP contribution in [0.25, 0.3) is 0 Å². The van der Waals surface area contributed by atoms with Crippen molar-refractivity contribution in [2.24, 2.45) is 0 Å². The summed E-state index contributed by atoms with van der Waals surface area (Å²) in [6.07, 6.45) is 0. The van der Waals surface area contributed by atoms with Gasteiger partial charge in [0, 0.05) is 24.8 Å². The quantitative estimate of drug-likeness (QED) is 0.646. The third-order valence-electron chi connectivity index (χ3n) is 3.31. The minimum Gasteiger partial charge on any atom is -0.374 e. The van der Waals surface area contributed by atoms with Crippen LogP contribution in [0.4, 0.5) is 11.4 Å². The molecule has 0 aliphatic heterocycles. The number of anilines is 1. The Balaban J connectivity index is 2.96. The fourth-order valence-electron chi connectivity index (χ4n) is 2.07. The van der Waals surface area contributed by atoms with E-state index in [9.17, 15) is 14.9 Å². The SMILES string of the molecule is CCN(CC)C(=O)C(C)Nc1cc(Cl)c([N+](=O)[O-])cc1C. The molecule has 0 fully saturated rings. The third-order valence-corrected chi connectivity index (χ3v) is 3.61. The molecule has 0 radical (unpaired) electrons. The number of rotatable bonds is 6. The van der Waals surface area contributed by atoms with E-state index >= 15 is 0 Å². The van der Waals surface area contributed by atoms with Gasteiger partial charge in [0.1, 0.15) is 11.1 Å². The first-order valence-corrected chi connectivity index (χ1v) is 7.19. The van der Waals surface area contributed by atoms with Crippen LogP contribution in [0.5, 0.6) is 0 Å². The number of likely N-dealkylation sites (N-methyl/N-ethyl adjacent to an activating group) is 1. The maximum absolute atomic E-state index is 12.2. The van der Waals surface area contributed by atoms with Crippen LogP contribution in [0.15, 0.2) is 12.1 Å². The minimum absolute atomic E-state index is 0.0196. The summed E-state index contributed by atoms with van der Waals surface area (Å²) < 4.78 is 0. The maximum atomic E-state index is 12.2. The van der Waals surface area contributed by atoms with Gasteiger partial charge in [0.25, 0.3) is 5.69 Å². The van der Waals surface area contributed by atoms with E-state index in [2.05, 4.69) is 5.32 Å². The molecule has 0 heterocycles. The van der Waals surface area contributed by atoms with Gasteiger partial charge in [0.15, 0.2) is 0 Å². The molecule has 0 saturated carbocycles. The number of halogens is 1. The number of benzene rings is 1. The zero-order chi connectivity index (χ0) is 16.2. The van der Waals surface area contributed by atoms with E-state index in [1.54, 1.807) is 18.7 Å². The summed E-state index contributed by atoms with van der Waals surface area (Å²) in [5, 5.41) is 13.9. The molecular weight excluding hydrogens is 294 g/mol. The number of hydrogen-bond acceptors (Lipinski definition) is 4. The van der Waals surface area contributed by atoms with E-state index in [4.69, 9.17) is 11.6 Å². The van der Waals surface area contributed by atoms with Crippen molar-refractivity contribution >= 4 is 28.9 Å². The van der Waals surface area contributed by atoms with Crippen molar-refractivity contribution in [3.8, 4) is 0 Å². The first-order valence-electron chi connectivity index (χ1n) is 6.81. The van der Waals surface area contributed by atoms with E-state index in [1.807, 2.05) is 13.8 Å². The monoisotopic (exact) mass is 313 g/mol. The lowest BCUT2D eigenvalue weighted by Gasteiger charge is -2.24. The van der Waals surface area contributed by atoms with Crippen molar-refractivity contribution < 1.29 is 9.72 Å². The van der Waals surface area contributed by atoms with Crippen molar-refractivity contribution in [1.82, 2.24) is 4.90 Å². The first-order chi connectivity index (χ1) is 9.81. The summed E-state index contributed by atoms with van der Waals surface area (Å²) >= 11 is 5.90. The van der Waals surface area contributed by atoms with Gasteiger partial charge in [0.05, 0.1) is 4.92 Å². The first kappa shape index (κ1) is 17.2. The molecule has 6 nitrogen and oxygen atoms in total. The number of amides is 1. The lowest BCUT2D eigenvalue weighted by molar-refractivity contribution is -0.384. The zero-order valence-corrected chi connectivity index (χ0v) is 13.4. The highest BCUT2D eigenvalue weighted by Crippen LogP contribution is 2.30. The minimum atomic E-state index is -0.524. The lowest BCUT2D eigenvalue weighted by Crippen LogP contribution is -2.41. The highest BCUT2D eigenvalue weighted by Gasteiger charge is 2.20. The molecule has 1 aromatic rings. The Morgan fingerprint density at radius 2 is 2.00 bits per heavy atom. The topological polar surface area (TPSA) is 75.5 Å². The van der Waals surface area contributed by atoms with Crippen LogP contribution in [-0.4, -0.2) is 34.9 Å². The largest absolute Gasteiger partial charge is 0.374 e. The molecule has 7 heteroatoms. The van der Waals surface area contributed by atoms with Crippen molar-refractivity contribution in [1.29, 1.82) is 0 Å². The molecule has 1 N–H and O–H groups in total. The maximum Gasteiger partial charge on any atom is 0.288 e. The number of nitro benzene ring substituents is 1. The van der Waals surface area contributed by atoms with Crippen LogP contribution in [0.1, 0.15) is 26.3 Å². The summed E-state index contributed by atoms with van der Waals surface area (Å²) in [6.45, 7) is 8.61. The fraction of sp³-hybridized carbons (Fsp3) is 0.500. The molecule has 0 aliphatic rings. The number of carbonyl (C=O) groups is 1. The van der Waals surface area contributed by atoms with E-state index < -0.39 is 11.0 Å². The second-order valence-electron chi connectivity index (χ2n) is 4.75. The number of nitrogens with zero attached hydrogens (tertiary/aromatic N) is 2. The summed E-state index contributed by atoms with van der Waals surface area (Å²) in [5.41, 5.74) is 1.16. The Bertz CT molecular complexity index is 545. The van der Waals surface area contributed by atoms with Crippen LogP contribution in [0, 0.1) is 17.0 Å². The Hall–Kier alpha value is -1.82. The van der Waals surface area contributed by atoms with E-state index in [-0.39, 0.29) is 16.6 Å². The highest BCUT2D eigenvalue weighted by atomic mass is 35.5. The Morgan fingerprint density at radius 1 is 1.43 bits per heavy atom. The third kappa shape index (κ3) is 4.07. The smallest absolute Gasteiger partial charge is 0.288 e. The van der Waals surface area contributed by atoms with Crippen LogP contribution in [0.2, 0.25) is 5.02 Å². The average Bonchev–Trinajstić information content (AvgIpc) is 2.43. The zero-order valence-electron chi connectivity index (χ0n) is 12.6. The standard InChI is InChI=1S/C14H20ClN3O3/c1-5-17(6-2)14(19)10(4)16-12-8-11(15)13(18(20)21)7-9(12)3/h7-8,10,16H,5-6H2,1-4H3. The number of aryl methyl sites for hydroxylation is 1. The Morgan fingerprint density at radius 3 is 2.48 bits per heavy atom. The lowest BCUT2D eigenvalue weighted by atomic mass is 10.1. The summed E-state index contributed by atoms with van der Waals surface area (Å²) in [6, 6.07) is 2.46. The highest BCUT2D eigenvalue weighted by molar-refractivity contribution is 6.33.